The number of thiazole rings is 2. The molecule has 18 heteroatoms. The van der Waals surface area contributed by atoms with Gasteiger partial charge in [-0.25, -0.2) is 14.8 Å². The number of amides is 2. The number of rotatable bonds is 8. The van der Waals surface area contributed by atoms with Crippen LogP contribution in [0.25, 0.3) is 0 Å². The van der Waals surface area contributed by atoms with Crippen LogP contribution in [0.1, 0.15) is 11.4 Å². The molecule has 4 rings (SSSR count). The molecule has 2 aliphatic heterocycles. The lowest BCUT2D eigenvalue weighted by Crippen LogP contribution is -2.71. The number of nitrogens with two attached hydrogens (primary N) is 2. The van der Waals surface area contributed by atoms with Gasteiger partial charge in [-0.1, -0.05) is 28.7 Å². The van der Waals surface area contributed by atoms with Crippen LogP contribution in [0.5, 0.6) is 0 Å². The molecule has 0 unspecified atom stereocenters. The number of hydrogen-bond acceptors (Lipinski definition) is 14. The number of thioether (sulfide) groups is 3. The topological polar surface area (TPSA) is 221 Å². The van der Waals surface area contributed by atoms with E-state index in [2.05, 4.69) is 20.4 Å². The van der Waals surface area contributed by atoms with Crippen molar-refractivity contribution in [2.45, 2.75) is 21.4 Å². The number of carboxylic acids is 1. The van der Waals surface area contributed by atoms with Crippen molar-refractivity contribution < 1.29 is 24.7 Å². The highest BCUT2D eigenvalue weighted by Crippen LogP contribution is 2.46. The Balaban J connectivity index is 1.51. The maximum atomic E-state index is 12.9. The molecule has 35 heavy (non-hydrogen) atoms. The summed E-state index contributed by atoms with van der Waals surface area (Å²) in [5.74, 6) is -2.06. The van der Waals surface area contributed by atoms with E-state index in [-0.39, 0.29) is 27.4 Å². The summed E-state index contributed by atoms with van der Waals surface area (Å²) in [6, 6.07) is -1.01. The number of fused-ring (bicyclic) bond motifs is 1. The molecule has 2 aliphatic rings. The summed E-state index contributed by atoms with van der Waals surface area (Å²) in [6.07, 6.45) is 0. The van der Waals surface area contributed by atoms with Gasteiger partial charge in [-0.05, 0) is 0 Å². The molecule has 2 amide bonds. The van der Waals surface area contributed by atoms with Gasteiger partial charge in [0.2, 0.25) is 0 Å². The first-order valence-corrected chi connectivity index (χ1v) is 14.0. The maximum absolute atomic E-state index is 12.9. The minimum absolute atomic E-state index is 0.0534. The average Bonchev–Trinajstić information content (AvgIpc) is 3.44. The highest BCUT2D eigenvalue weighted by Gasteiger charge is 2.54. The van der Waals surface area contributed by atoms with Gasteiger partial charge in [-0.3, -0.25) is 19.9 Å². The van der Waals surface area contributed by atoms with Crippen molar-refractivity contribution in [2.75, 3.05) is 11.5 Å². The van der Waals surface area contributed by atoms with Crippen molar-refractivity contribution in [3.63, 3.8) is 0 Å². The molecule has 0 bridgehead atoms. The molecule has 8 N–H and O–H groups in total. The summed E-state index contributed by atoms with van der Waals surface area (Å²) in [7, 11) is 0. The van der Waals surface area contributed by atoms with E-state index in [4.69, 9.17) is 16.9 Å². The van der Waals surface area contributed by atoms with Crippen molar-refractivity contribution in [2.24, 2.45) is 10.9 Å². The molecule has 0 saturated carbocycles. The van der Waals surface area contributed by atoms with Crippen molar-refractivity contribution in [1.82, 2.24) is 20.2 Å². The fraction of sp³-hybridized carbons (Fsp3) is 0.235. The SMILES string of the molecule is N=C(N)SCc1ncsc1SC1=C(C(=O)O)N2C(=O)[C@@H](NC(=O)/C(=N\O)c3csc(N)n3)[C@H]2SC1. The number of aromatic nitrogens is 2. The Hall–Kier alpha value is -2.80. The van der Waals surface area contributed by atoms with E-state index in [0.29, 0.717) is 16.4 Å². The second-order valence-electron chi connectivity index (χ2n) is 6.80. The lowest BCUT2D eigenvalue weighted by molar-refractivity contribution is -0.150. The van der Waals surface area contributed by atoms with Gasteiger partial charge < -0.3 is 27.1 Å². The molecule has 0 aromatic carbocycles. The number of amidine groups is 1. The maximum Gasteiger partial charge on any atom is 0.353 e. The molecule has 2 aromatic heterocycles. The number of carbonyl (C=O) groups is 3. The Morgan fingerprint density at radius 3 is 2.80 bits per heavy atom. The first kappa shape index (κ1) is 25.3. The fourth-order valence-corrected chi connectivity index (χ4v) is 7.97. The monoisotopic (exact) mass is 572 g/mol. The van der Waals surface area contributed by atoms with Crippen LogP contribution in [-0.4, -0.2) is 71.0 Å². The van der Waals surface area contributed by atoms with Gasteiger partial charge in [0.25, 0.3) is 11.8 Å². The third-order valence-corrected chi connectivity index (χ3v) is 9.76. The van der Waals surface area contributed by atoms with E-state index >= 15 is 0 Å². The quantitative estimate of drug-likeness (QED) is 0.0856. The Bertz CT molecular complexity index is 1270. The third kappa shape index (κ3) is 5.10. The van der Waals surface area contributed by atoms with Crippen LogP contribution in [0, 0.1) is 5.41 Å². The molecule has 0 radical (unpaired) electrons. The summed E-state index contributed by atoms with van der Waals surface area (Å²) >= 11 is 5.99. The van der Waals surface area contributed by atoms with Gasteiger partial charge >= 0.3 is 5.97 Å². The summed E-state index contributed by atoms with van der Waals surface area (Å²) in [6.45, 7) is 0. The van der Waals surface area contributed by atoms with Crippen molar-refractivity contribution >= 4 is 91.8 Å². The molecule has 2 aromatic rings. The zero-order valence-corrected chi connectivity index (χ0v) is 21.4. The highest BCUT2D eigenvalue weighted by molar-refractivity contribution is 8.13. The predicted molar refractivity (Wildman–Crippen MR) is 136 cm³/mol. The molecule has 4 heterocycles. The van der Waals surface area contributed by atoms with E-state index in [1.165, 1.54) is 40.2 Å². The van der Waals surface area contributed by atoms with Gasteiger partial charge in [0.05, 0.1) is 15.4 Å². The third-order valence-electron chi connectivity index (χ3n) is 4.69. The zero-order valence-electron chi connectivity index (χ0n) is 17.3. The second-order valence-corrected chi connectivity index (χ2v) is 12.0. The van der Waals surface area contributed by atoms with E-state index in [1.807, 2.05) is 0 Å². The van der Waals surface area contributed by atoms with Crippen LogP contribution >= 0.6 is 58.0 Å². The lowest BCUT2D eigenvalue weighted by Gasteiger charge is -2.49. The van der Waals surface area contributed by atoms with Crippen molar-refractivity contribution in [3.8, 4) is 0 Å². The van der Waals surface area contributed by atoms with Gasteiger partial charge in [0.1, 0.15) is 22.8 Å². The number of hydrogen-bond donors (Lipinski definition) is 6. The van der Waals surface area contributed by atoms with Crippen LogP contribution in [0.15, 0.2) is 30.9 Å². The molecule has 0 spiro atoms. The Morgan fingerprint density at radius 1 is 1.40 bits per heavy atom. The summed E-state index contributed by atoms with van der Waals surface area (Å²) < 4.78 is 0.746. The standard InChI is InChI=1S/C17H16N8O5S5/c18-16(19)32-2-6-15(34-4-21-6)35-7-3-31-13-9(12(27)25(13)10(7)14(28)29)23-11(26)8(24-30)5-1-33-17(20)22-5/h1,4,9,13,30H,2-3H2,(H3,18,19)(H2,20,22)(H,23,26)(H,28,29)/b24-8-/t9-,13-/m1/s1. The van der Waals surface area contributed by atoms with E-state index in [1.54, 1.807) is 5.51 Å². The van der Waals surface area contributed by atoms with Crippen LogP contribution in [0.2, 0.25) is 0 Å². The van der Waals surface area contributed by atoms with E-state index < -0.39 is 34.9 Å². The molecular formula is C17H16N8O5S5. The summed E-state index contributed by atoms with van der Waals surface area (Å²) in [5.41, 5.74) is 12.7. The number of aliphatic carboxylic acids is 1. The number of nitrogens with zero attached hydrogens (tertiary/aromatic N) is 4. The van der Waals surface area contributed by atoms with Crippen molar-refractivity contribution in [1.29, 1.82) is 5.41 Å². The lowest BCUT2D eigenvalue weighted by atomic mass is 10.0. The summed E-state index contributed by atoms with van der Waals surface area (Å²) in [5, 5.41) is 32.9. The zero-order chi connectivity index (χ0) is 25.3. The number of nitrogens with one attached hydrogen (secondary N) is 2. The summed E-state index contributed by atoms with van der Waals surface area (Å²) in [4.78, 5) is 47.4. The Kier molecular flexibility index (Phi) is 7.55. The molecule has 0 aliphatic carbocycles. The molecule has 184 valence electrons. The van der Waals surface area contributed by atoms with Gasteiger partial charge in [0.15, 0.2) is 16.0 Å². The van der Waals surface area contributed by atoms with Crippen LogP contribution in [0.4, 0.5) is 5.13 Å². The Morgan fingerprint density at radius 2 is 2.17 bits per heavy atom. The molecule has 13 nitrogen and oxygen atoms in total. The van der Waals surface area contributed by atoms with E-state index in [0.717, 1.165) is 32.2 Å². The normalized spacial score (nSPS) is 19.8. The number of β-lactam (4-membered cyclic amide) rings is 1. The number of carboxylic acid groups (broad SMARTS) is 1. The minimum atomic E-state index is -1.27. The van der Waals surface area contributed by atoms with E-state index in [9.17, 15) is 24.7 Å². The number of anilines is 1. The number of carbonyl (C=O) groups excluding carboxylic acids is 2. The second kappa shape index (κ2) is 10.4. The highest BCUT2D eigenvalue weighted by atomic mass is 32.2. The fourth-order valence-electron chi connectivity index (χ4n) is 3.18. The minimum Gasteiger partial charge on any atom is -0.477 e. The van der Waals surface area contributed by atoms with Crippen LogP contribution in [-0.2, 0) is 20.1 Å². The largest absolute Gasteiger partial charge is 0.477 e. The Labute approximate surface area is 217 Å². The first-order chi connectivity index (χ1) is 16.7. The van der Waals surface area contributed by atoms with Gasteiger partial charge in [-0.2, -0.15) is 0 Å². The number of nitrogen functional groups attached to an aromatic ring is 1. The predicted octanol–water partition coefficient (Wildman–Crippen LogP) is 0.975. The van der Waals surface area contributed by atoms with Gasteiger partial charge in [0, 0.05) is 21.8 Å². The molecule has 1 saturated heterocycles. The first-order valence-electron chi connectivity index (χ1n) is 9.43. The van der Waals surface area contributed by atoms with Crippen LogP contribution in [0.3, 0.4) is 0 Å². The smallest absolute Gasteiger partial charge is 0.353 e. The van der Waals surface area contributed by atoms with Crippen molar-refractivity contribution in [3.05, 3.63) is 32.9 Å². The number of oxime groups is 1. The molecular weight excluding hydrogens is 557 g/mol. The molecule has 2 atom stereocenters. The van der Waals surface area contributed by atoms with Gasteiger partial charge in [-0.15, -0.1) is 34.4 Å². The molecule has 1 fully saturated rings. The van der Waals surface area contributed by atoms with Crippen LogP contribution < -0.4 is 16.8 Å². The average molecular weight is 573 g/mol.